The summed E-state index contributed by atoms with van der Waals surface area (Å²) in [6, 6.07) is 8.22. The highest BCUT2D eigenvalue weighted by Gasteiger charge is 2.38. The van der Waals surface area contributed by atoms with Crippen molar-refractivity contribution in [3.8, 4) is 0 Å². The zero-order valence-corrected chi connectivity index (χ0v) is 16.6. The zero-order chi connectivity index (χ0) is 19.6. The third-order valence-corrected chi connectivity index (χ3v) is 6.85. The van der Waals surface area contributed by atoms with Gasteiger partial charge >= 0.3 is 0 Å². The molecule has 7 nitrogen and oxygen atoms in total. The molecule has 148 valence electrons. The van der Waals surface area contributed by atoms with Gasteiger partial charge in [0.2, 0.25) is 21.8 Å². The van der Waals surface area contributed by atoms with Gasteiger partial charge in [0.15, 0.2) is 0 Å². The van der Waals surface area contributed by atoms with Gasteiger partial charge in [-0.3, -0.25) is 9.59 Å². The van der Waals surface area contributed by atoms with Crippen molar-refractivity contribution < 1.29 is 18.0 Å². The van der Waals surface area contributed by atoms with Crippen LogP contribution in [-0.2, 0) is 19.6 Å². The average molecular weight is 394 g/mol. The van der Waals surface area contributed by atoms with Crippen LogP contribution in [0.1, 0.15) is 33.1 Å². The first-order chi connectivity index (χ1) is 12.8. The normalized spacial score (nSPS) is 21.9. The lowest BCUT2D eigenvalue weighted by atomic mass is 10.0. The standard InChI is InChI=1S/C19H27N3O4S/c1-14(2)22-13-15(12-18(22)23)19(24)21-10-8-16(9-11-21)20-27(25,26)17-6-4-3-5-7-17/h3-7,14-16,20H,8-13H2,1-2H3. The highest BCUT2D eigenvalue weighted by atomic mass is 32.2. The molecule has 0 bridgehead atoms. The Balaban J connectivity index is 1.53. The van der Waals surface area contributed by atoms with E-state index in [2.05, 4.69) is 4.72 Å². The number of hydrogen-bond donors (Lipinski definition) is 1. The number of nitrogens with zero attached hydrogens (tertiary/aromatic N) is 2. The SMILES string of the molecule is CC(C)N1CC(C(=O)N2CCC(NS(=O)(=O)c3ccccc3)CC2)CC1=O. The molecule has 8 heteroatoms. The Bertz CT molecular complexity index is 786. The Morgan fingerprint density at radius 2 is 1.78 bits per heavy atom. The van der Waals surface area contributed by atoms with Gasteiger partial charge in [-0.2, -0.15) is 0 Å². The molecular formula is C19H27N3O4S. The molecule has 2 saturated heterocycles. The summed E-state index contributed by atoms with van der Waals surface area (Å²) in [5.74, 6) is -0.234. The van der Waals surface area contributed by atoms with E-state index in [9.17, 15) is 18.0 Å². The number of rotatable bonds is 5. The van der Waals surface area contributed by atoms with Gasteiger partial charge in [0, 0.05) is 38.1 Å². The van der Waals surface area contributed by atoms with Gasteiger partial charge in [0.1, 0.15) is 0 Å². The summed E-state index contributed by atoms with van der Waals surface area (Å²) in [7, 11) is -3.54. The molecule has 3 rings (SSSR count). The molecule has 2 amide bonds. The lowest BCUT2D eigenvalue weighted by Crippen LogP contribution is -2.48. The van der Waals surface area contributed by atoms with Crippen LogP contribution in [0.3, 0.4) is 0 Å². The Kier molecular flexibility index (Phi) is 5.86. The van der Waals surface area contributed by atoms with E-state index in [0.717, 1.165) is 0 Å². The number of carbonyl (C=O) groups is 2. The van der Waals surface area contributed by atoms with Crippen LogP contribution in [-0.4, -0.2) is 61.7 Å². The van der Waals surface area contributed by atoms with Crippen LogP contribution in [0.4, 0.5) is 0 Å². The number of amides is 2. The van der Waals surface area contributed by atoms with Crippen molar-refractivity contribution in [1.82, 2.24) is 14.5 Å². The molecule has 1 unspecified atom stereocenters. The Morgan fingerprint density at radius 3 is 2.33 bits per heavy atom. The van der Waals surface area contributed by atoms with E-state index in [-0.39, 0.29) is 41.1 Å². The fraction of sp³-hybridized carbons (Fsp3) is 0.579. The first-order valence-electron chi connectivity index (χ1n) is 9.43. The number of sulfonamides is 1. The maximum atomic E-state index is 12.7. The molecule has 1 aromatic carbocycles. The lowest BCUT2D eigenvalue weighted by Gasteiger charge is -2.33. The summed E-state index contributed by atoms with van der Waals surface area (Å²) in [5.41, 5.74) is 0. The summed E-state index contributed by atoms with van der Waals surface area (Å²) in [5, 5.41) is 0. The van der Waals surface area contributed by atoms with Crippen LogP contribution >= 0.6 is 0 Å². The molecule has 0 radical (unpaired) electrons. The quantitative estimate of drug-likeness (QED) is 0.815. The second-order valence-electron chi connectivity index (χ2n) is 7.57. The zero-order valence-electron chi connectivity index (χ0n) is 15.8. The van der Waals surface area contributed by atoms with Gasteiger partial charge in [-0.25, -0.2) is 13.1 Å². The molecule has 2 fully saturated rings. The topological polar surface area (TPSA) is 86.8 Å². The van der Waals surface area contributed by atoms with Crippen LogP contribution in [0, 0.1) is 5.92 Å². The molecule has 2 aliphatic rings. The van der Waals surface area contributed by atoms with E-state index in [0.29, 0.717) is 32.5 Å². The van der Waals surface area contributed by atoms with E-state index in [1.54, 1.807) is 40.1 Å². The monoisotopic (exact) mass is 393 g/mol. The molecule has 0 saturated carbocycles. The third-order valence-electron chi connectivity index (χ3n) is 5.31. The average Bonchev–Trinajstić information content (AvgIpc) is 3.04. The van der Waals surface area contributed by atoms with Crippen molar-refractivity contribution >= 4 is 21.8 Å². The fourth-order valence-corrected chi connectivity index (χ4v) is 5.09. The van der Waals surface area contributed by atoms with Crippen LogP contribution < -0.4 is 4.72 Å². The molecule has 27 heavy (non-hydrogen) atoms. The van der Waals surface area contributed by atoms with Crippen molar-refractivity contribution in [2.45, 2.75) is 50.1 Å². The van der Waals surface area contributed by atoms with Gasteiger partial charge in [-0.05, 0) is 38.8 Å². The van der Waals surface area contributed by atoms with Gasteiger partial charge in [0.25, 0.3) is 0 Å². The van der Waals surface area contributed by atoms with Crippen molar-refractivity contribution in [2.75, 3.05) is 19.6 Å². The van der Waals surface area contributed by atoms with E-state index in [1.165, 1.54) is 0 Å². The van der Waals surface area contributed by atoms with E-state index < -0.39 is 10.0 Å². The summed E-state index contributed by atoms with van der Waals surface area (Å²) in [6.07, 6.45) is 1.43. The summed E-state index contributed by atoms with van der Waals surface area (Å²) in [4.78, 5) is 28.5. The first-order valence-corrected chi connectivity index (χ1v) is 10.9. The Labute approximate surface area is 160 Å². The minimum absolute atomic E-state index is 0.0101. The largest absolute Gasteiger partial charge is 0.342 e. The van der Waals surface area contributed by atoms with Gasteiger partial charge in [-0.15, -0.1) is 0 Å². The minimum atomic E-state index is -3.54. The number of piperidine rings is 1. The van der Waals surface area contributed by atoms with E-state index in [1.807, 2.05) is 13.8 Å². The van der Waals surface area contributed by atoms with Crippen molar-refractivity contribution in [3.63, 3.8) is 0 Å². The fourth-order valence-electron chi connectivity index (χ4n) is 3.76. The van der Waals surface area contributed by atoms with Crippen LogP contribution in [0.15, 0.2) is 35.2 Å². The molecule has 2 heterocycles. The maximum absolute atomic E-state index is 12.7. The number of nitrogens with one attached hydrogen (secondary N) is 1. The highest BCUT2D eigenvalue weighted by molar-refractivity contribution is 7.89. The second-order valence-corrected chi connectivity index (χ2v) is 9.29. The van der Waals surface area contributed by atoms with Crippen LogP contribution in [0.25, 0.3) is 0 Å². The van der Waals surface area contributed by atoms with Gasteiger partial charge < -0.3 is 9.80 Å². The number of likely N-dealkylation sites (tertiary alicyclic amines) is 2. The molecule has 0 aliphatic carbocycles. The number of carbonyl (C=O) groups excluding carboxylic acids is 2. The second kappa shape index (κ2) is 7.98. The molecule has 1 N–H and O–H groups in total. The van der Waals surface area contributed by atoms with E-state index >= 15 is 0 Å². The highest BCUT2D eigenvalue weighted by Crippen LogP contribution is 2.24. The Morgan fingerprint density at radius 1 is 1.15 bits per heavy atom. The third kappa shape index (κ3) is 4.50. The van der Waals surface area contributed by atoms with Gasteiger partial charge in [-0.1, -0.05) is 18.2 Å². The van der Waals surface area contributed by atoms with Crippen LogP contribution in [0.2, 0.25) is 0 Å². The molecule has 0 aromatic heterocycles. The maximum Gasteiger partial charge on any atom is 0.240 e. The first kappa shape index (κ1) is 19.8. The molecule has 2 aliphatic heterocycles. The smallest absolute Gasteiger partial charge is 0.240 e. The van der Waals surface area contributed by atoms with Crippen molar-refractivity contribution in [1.29, 1.82) is 0 Å². The van der Waals surface area contributed by atoms with Gasteiger partial charge in [0.05, 0.1) is 10.8 Å². The summed E-state index contributed by atoms with van der Waals surface area (Å²) < 4.78 is 27.6. The summed E-state index contributed by atoms with van der Waals surface area (Å²) in [6.45, 7) is 5.40. The number of benzene rings is 1. The predicted molar refractivity (Wildman–Crippen MR) is 101 cm³/mol. The van der Waals surface area contributed by atoms with E-state index in [4.69, 9.17) is 0 Å². The minimum Gasteiger partial charge on any atom is -0.342 e. The number of hydrogen-bond acceptors (Lipinski definition) is 4. The molecule has 0 spiro atoms. The van der Waals surface area contributed by atoms with Crippen molar-refractivity contribution in [3.05, 3.63) is 30.3 Å². The Hall–Kier alpha value is -1.93. The van der Waals surface area contributed by atoms with Crippen molar-refractivity contribution in [2.24, 2.45) is 5.92 Å². The predicted octanol–water partition coefficient (Wildman–Crippen LogP) is 1.21. The van der Waals surface area contributed by atoms with Crippen LogP contribution in [0.5, 0.6) is 0 Å². The molecule has 1 atom stereocenters. The summed E-state index contributed by atoms with van der Waals surface area (Å²) >= 11 is 0. The molecule has 1 aromatic rings. The molecular weight excluding hydrogens is 366 g/mol. The lowest BCUT2D eigenvalue weighted by molar-refractivity contribution is -0.136.